The molecule has 2 rings (SSSR count). The average Bonchev–Trinajstić information content (AvgIpc) is 2.57. The number of nitrogens with zero attached hydrogens (tertiary/aromatic N) is 1. The lowest BCUT2D eigenvalue weighted by atomic mass is 10.2. The van der Waals surface area contributed by atoms with Crippen LogP contribution in [0.3, 0.4) is 0 Å². The van der Waals surface area contributed by atoms with Crippen LogP contribution < -0.4 is 4.74 Å². The van der Waals surface area contributed by atoms with Gasteiger partial charge in [0.15, 0.2) is 10.0 Å². The molecule has 0 atom stereocenters. The molecule has 6 heteroatoms. The number of methoxy groups -OCH3 is 1. The lowest BCUT2D eigenvalue weighted by molar-refractivity contribution is 0.0606. The van der Waals surface area contributed by atoms with E-state index < -0.39 is 5.97 Å². The Hall–Kier alpha value is -0.810. The summed E-state index contributed by atoms with van der Waals surface area (Å²) in [6, 6.07) is 0. The van der Waals surface area contributed by atoms with Gasteiger partial charge in [0.2, 0.25) is 0 Å². The van der Waals surface area contributed by atoms with Gasteiger partial charge in [0.1, 0.15) is 6.10 Å². The lowest BCUT2D eigenvalue weighted by Crippen LogP contribution is -2.14. The number of esters is 1. The van der Waals surface area contributed by atoms with Crippen LogP contribution in [-0.4, -0.2) is 24.2 Å². The molecule has 0 aliphatic heterocycles. The first-order valence-corrected chi connectivity index (χ1v) is 7.31. The Bertz CT molecular complexity index is 413. The Balaban J connectivity index is 2.02. The number of hydrogen-bond acceptors (Lipinski definition) is 5. The summed E-state index contributed by atoms with van der Waals surface area (Å²) in [6.07, 6.45) is 7.20. The Morgan fingerprint density at radius 1 is 1.33 bits per heavy atom. The molecule has 4 nitrogen and oxygen atoms in total. The van der Waals surface area contributed by atoms with Gasteiger partial charge in [-0.05, 0) is 25.7 Å². The smallest absolute Gasteiger partial charge is 0.351 e. The van der Waals surface area contributed by atoms with Gasteiger partial charge in [0.05, 0.1) is 7.11 Å². The predicted octanol–water partition coefficient (Wildman–Crippen LogP) is 3.68. The van der Waals surface area contributed by atoms with E-state index in [4.69, 9.17) is 16.3 Å². The summed E-state index contributed by atoms with van der Waals surface area (Å²) in [7, 11) is 1.32. The first kappa shape index (κ1) is 13.6. The molecule has 0 N–H and O–H groups in total. The summed E-state index contributed by atoms with van der Waals surface area (Å²) in [5.41, 5.74) is 0. The standard InChI is InChI=1S/C12H16ClNO3S/c1-16-11(15)9-10(13)14-12(18-9)17-8-6-4-2-3-5-7-8/h8H,2-7H2,1H3. The van der Waals surface area contributed by atoms with Crippen molar-refractivity contribution in [1.82, 2.24) is 4.98 Å². The van der Waals surface area contributed by atoms with Crippen LogP contribution >= 0.6 is 22.9 Å². The highest BCUT2D eigenvalue weighted by atomic mass is 35.5. The summed E-state index contributed by atoms with van der Waals surface area (Å²) in [6.45, 7) is 0. The minimum absolute atomic E-state index is 0.162. The van der Waals surface area contributed by atoms with Crippen LogP contribution in [0.15, 0.2) is 0 Å². The Labute approximate surface area is 115 Å². The highest BCUT2D eigenvalue weighted by Gasteiger charge is 2.21. The van der Waals surface area contributed by atoms with Crippen molar-refractivity contribution < 1.29 is 14.3 Å². The lowest BCUT2D eigenvalue weighted by Gasteiger charge is -2.13. The maximum absolute atomic E-state index is 11.4. The van der Waals surface area contributed by atoms with Crippen LogP contribution in [0.4, 0.5) is 0 Å². The third-order valence-electron chi connectivity index (χ3n) is 3.01. The second-order valence-corrected chi connectivity index (χ2v) is 5.64. The molecule has 1 aromatic heterocycles. The molecular weight excluding hydrogens is 274 g/mol. The van der Waals surface area contributed by atoms with E-state index in [2.05, 4.69) is 9.72 Å². The van der Waals surface area contributed by atoms with E-state index >= 15 is 0 Å². The maximum Gasteiger partial charge on any atom is 0.351 e. The summed E-state index contributed by atoms with van der Waals surface area (Å²) in [5.74, 6) is -0.465. The zero-order valence-corrected chi connectivity index (χ0v) is 11.9. The fourth-order valence-electron chi connectivity index (χ4n) is 2.05. The van der Waals surface area contributed by atoms with Crippen LogP contribution in [0.2, 0.25) is 5.15 Å². The number of carbonyl (C=O) groups excluding carboxylic acids is 1. The third-order valence-corrected chi connectivity index (χ3v) is 4.32. The van der Waals surface area contributed by atoms with E-state index in [1.54, 1.807) is 0 Å². The molecule has 1 saturated carbocycles. The van der Waals surface area contributed by atoms with Crippen molar-refractivity contribution in [2.45, 2.75) is 44.6 Å². The summed E-state index contributed by atoms with van der Waals surface area (Å²) in [4.78, 5) is 15.8. The number of ether oxygens (including phenoxy) is 2. The second-order valence-electron chi connectivity index (χ2n) is 4.32. The summed E-state index contributed by atoms with van der Waals surface area (Å²) in [5, 5.41) is 0.628. The monoisotopic (exact) mass is 289 g/mol. The molecule has 1 heterocycles. The van der Waals surface area contributed by atoms with Crippen molar-refractivity contribution in [2.24, 2.45) is 0 Å². The van der Waals surface area contributed by atoms with Crippen LogP contribution in [-0.2, 0) is 4.74 Å². The third kappa shape index (κ3) is 3.36. The van der Waals surface area contributed by atoms with Gasteiger partial charge >= 0.3 is 5.97 Å². The molecular formula is C12H16ClNO3S. The van der Waals surface area contributed by atoms with Crippen molar-refractivity contribution in [3.63, 3.8) is 0 Å². The fourth-order valence-corrected chi connectivity index (χ4v) is 3.17. The zero-order chi connectivity index (χ0) is 13.0. The van der Waals surface area contributed by atoms with Crippen LogP contribution in [0.25, 0.3) is 0 Å². The van der Waals surface area contributed by atoms with Crippen molar-refractivity contribution in [1.29, 1.82) is 0 Å². The van der Waals surface area contributed by atoms with E-state index in [0.717, 1.165) is 24.2 Å². The minimum Gasteiger partial charge on any atom is -0.467 e. The van der Waals surface area contributed by atoms with Gasteiger partial charge in [-0.15, -0.1) is 0 Å². The van der Waals surface area contributed by atoms with Gasteiger partial charge in [0.25, 0.3) is 5.19 Å². The molecule has 1 aliphatic rings. The van der Waals surface area contributed by atoms with E-state index in [1.165, 1.54) is 32.8 Å². The highest BCUT2D eigenvalue weighted by molar-refractivity contribution is 7.15. The Morgan fingerprint density at radius 2 is 2.00 bits per heavy atom. The van der Waals surface area contributed by atoms with Gasteiger partial charge in [-0.25, -0.2) is 4.79 Å². The number of carbonyl (C=O) groups is 1. The predicted molar refractivity (Wildman–Crippen MR) is 70.6 cm³/mol. The molecule has 0 saturated heterocycles. The first-order chi connectivity index (χ1) is 8.70. The van der Waals surface area contributed by atoms with Gasteiger partial charge in [-0.3, -0.25) is 0 Å². The normalized spacial score (nSPS) is 17.2. The van der Waals surface area contributed by atoms with E-state index in [0.29, 0.717) is 10.1 Å². The molecule has 1 aliphatic carbocycles. The molecule has 1 fully saturated rings. The second kappa shape index (κ2) is 6.38. The van der Waals surface area contributed by atoms with Crippen molar-refractivity contribution in [3.8, 4) is 5.19 Å². The average molecular weight is 290 g/mol. The van der Waals surface area contributed by atoms with E-state index in [9.17, 15) is 4.79 Å². The molecule has 100 valence electrons. The molecule has 0 radical (unpaired) electrons. The molecule has 1 aromatic rings. The number of hydrogen-bond donors (Lipinski definition) is 0. The first-order valence-electron chi connectivity index (χ1n) is 6.12. The number of halogens is 1. The topological polar surface area (TPSA) is 48.4 Å². The number of thiazole rings is 1. The van der Waals surface area contributed by atoms with Gasteiger partial charge in [-0.2, -0.15) is 4.98 Å². The highest BCUT2D eigenvalue weighted by Crippen LogP contribution is 2.31. The SMILES string of the molecule is COC(=O)c1sc(OC2CCCCCC2)nc1Cl. The largest absolute Gasteiger partial charge is 0.467 e. The number of rotatable bonds is 3. The van der Waals surface area contributed by atoms with E-state index in [1.807, 2.05) is 0 Å². The molecule has 0 spiro atoms. The fraction of sp³-hybridized carbons (Fsp3) is 0.667. The van der Waals surface area contributed by atoms with Gasteiger partial charge in [0, 0.05) is 0 Å². The molecule has 18 heavy (non-hydrogen) atoms. The van der Waals surface area contributed by atoms with E-state index in [-0.39, 0.29) is 11.3 Å². The van der Waals surface area contributed by atoms with Crippen LogP contribution in [0.1, 0.15) is 48.2 Å². The maximum atomic E-state index is 11.4. The van der Waals surface area contributed by atoms with Gasteiger partial charge < -0.3 is 9.47 Å². The summed E-state index contributed by atoms with van der Waals surface area (Å²) >= 11 is 7.04. The van der Waals surface area contributed by atoms with Crippen molar-refractivity contribution in [3.05, 3.63) is 10.0 Å². The summed E-state index contributed by atoms with van der Waals surface area (Å²) < 4.78 is 10.4. The Morgan fingerprint density at radius 3 is 2.61 bits per heavy atom. The van der Waals surface area contributed by atoms with Crippen LogP contribution in [0.5, 0.6) is 5.19 Å². The number of aromatic nitrogens is 1. The Kier molecular flexibility index (Phi) is 4.83. The zero-order valence-electron chi connectivity index (χ0n) is 10.3. The molecule has 0 unspecified atom stereocenters. The minimum atomic E-state index is -0.465. The van der Waals surface area contributed by atoms with Crippen molar-refractivity contribution >= 4 is 28.9 Å². The van der Waals surface area contributed by atoms with Crippen LogP contribution in [0, 0.1) is 0 Å². The molecule has 0 aromatic carbocycles. The van der Waals surface area contributed by atoms with Crippen molar-refractivity contribution in [2.75, 3.05) is 7.11 Å². The van der Waals surface area contributed by atoms with Gasteiger partial charge in [-0.1, -0.05) is 35.8 Å². The molecule has 0 amide bonds. The quantitative estimate of drug-likeness (QED) is 0.629. The molecule has 0 bridgehead atoms.